The summed E-state index contributed by atoms with van der Waals surface area (Å²) in [6, 6.07) is 18.2. The van der Waals surface area contributed by atoms with Crippen LogP contribution in [0.2, 0.25) is 0 Å². The Hall–Kier alpha value is -2.06. The fourth-order valence-electron chi connectivity index (χ4n) is 2.41. The second-order valence-corrected chi connectivity index (χ2v) is 5.23. The minimum absolute atomic E-state index is 0.0394. The van der Waals surface area contributed by atoms with Gasteiger partial charge in [-0.05, 0) is 17.7 Å². The second-order valence-electron chi connectivity index (χ2n) is 4.85. The van der Waals surface area contributed by atoms with Gasteiger partial charge < -0.3 is 4.74 Å². The first-order valence-electron chi connectivity index (χ1n) is 6.99. The summed E-state index contributed by atoms with van der Waals surface area (Å²) in [6.45, 7) is 0. The maximum Gasteiger partial charge on any atom is 0.128 e. The van der Waals surface area contributed by atoms with Gasteiger partial charge in [0.05, 0.1) is 0 Å². The van der Waals surface area contributed by atoms with E-state index in [0.29, 0.717) is 5.88 Å². The van der Waals surface area contributed by atoms with Gasteiger partial charge in [-0.2, -0.15) is 0 Å². The zero-order valence-corrected chi connectivity index (χ0v) is 12.3. The molecule has 3 rings (SSSR count). The van der Waals surface area contributed by atoms with Crippen molar-refractivity contribution in [2.24, 2.45) is 0 Å². The van der Waals surface area contributed by atoms with Crippen molar-refractivity contribution in [2.45, 2.75) is 12.5 Å². The van der Waals surface area contributed by atoms with Gasteiger partial charge in [0.2, 0.25) is 0 Å². The summed E-state index contributed by atoms with van der Waals surface area (Å²) in [5, 5.41) is 2.15. The number of hydrogen-bond acceptors (Lipinski definition) is 2. The van der Waals surface area contributed by atoms with Gasteiger partial charge in [0.25, 0.3) is 0 Å². The molecule has 0 aliphatic carbocycles. The first kappa shape index (κ1) is 13.9. The van der Waals surface area contributed by atoms with Gasteiger partial charge >= 0.3 is 0 Å². The topological polar surface area (TPSA) is 22.1 Å². The highest BCUT2D eigenvalue weighted by molar-refractivity contribution is 6.17. The van der Waals surface area contributed by atoms with Crippen molar-refractivity contribution in [3.63, 3.8) is 0 Å². The number of fused-ring (bicyclic) bond motifs is 1. The summed E-state index contributed by atoms with van der Waals surface area (Å²) >= 11 is 5.94. The van der Waals surface area contributed by atoms with E-state index in [-0.39, 0.29) is 6.10 Å². The van der Waals surface area contributed by atoms with Crippen LogP contribution in [-0.2, 0) is 0 Å². The summed E-state index contributed by atoms with van der Waals surface area (Å²) in [5.74, 6) is 1.43. The van der Waals surface area contributed by atoms with Crippen LogP contribution in [0.4, 0.5) is 0 Å². The van der Waals surface area contributed by atoms with Gasteiger partial charge in [0.1, 0.15) is 11.9 Å². The maximum atomic E-state index is 6.24. The lowest BCUT2D eigenvalue weighted by Crippen LogP contribution is -2.08. The van der Waals surface area contributed by atoms with Crippen molar-refractivity contribution in [3.8, 4) is 5.75 Å². The third-order valence-corrected chi connectivity index (χ3v) is 3.67. The number of rotatable bonds is 5. The maximum absolute atomic E-state index is 6.24. The average Bonchev–Trinajstić information content (AvgIpc) is 2.55. The Balaban J connectivity index is 1.95. The third kappa shape index (κ3) is 3.17. The SMILES string of the molecule is ClCC[C@H](Oc1cccc2cnccc12)c1ccccc1. The molecule has 0 saturated carbocycles. The summed E-state index contributed by atoms with van der Waals surface area (Å²) in [7, 11) is 0. The average molecular weight is 298 g/mol. The Morgan fingerprint density at radius 1 is 1.00 bits per heavy atom. The Morgan fingerprint density at radius 3 is 2.67 bits per heavy atom. The molecule has 3 aromatic rings. The molecule has 0 unspecified atom stereocenters. The van der Waals surface area contributed by atoms with Gasteiger partial charge in [-0.3, -0.25) is 4.98 Å². The molecule has 0 saturated heterocycles. The van der Waals surface area contributed by atoms with Crippen molar-refractivity contribution in [3.05, 3.63) is 72.6 Å². The Morgan fingerprint density at radius 2 is 1.86 bits per heavy atom. The van der Waals surface area contributed by atoms with Crippen LogP contribution in [0.3, 0.4) is 0 Å². The van der Waals surface area contributed by atoms with Gasteiger partial charge in [-0.25, -0.2) is 0 Å². The molecule has 0 amide bonds. The van der Waals surface area contributed by atoms with Crippen LogP contribution >= 0.6 is 11.6 Å². The quantitative estimate of drug-likeness (QED) is 0.619. The van der Waals surface area contributed by atoms with Crippen molar-refractivity contribution in [1.82, 2.24) is 4.98 Å². The molecule has 1 atom stereocenters. The number of pyridine rings is 1. The number of hydrogen-bond donors (Lipinski definition) is 0. The summed E-state index contributed by atoms with van der Waals surface area (Å²) in [4.78, 5) is 4.15. The molecule has 0 aliphatic rings. The van der Waals surface area contributed by atoms with Crippen LogP contribution < -0.4 is 4.74 Å². The van der Waals surface area contributed by atoms with E-state index in [0.717, 1.165) is 28.5 Å². The zero-order valence-electron chi connectivity index (χ0n) is 11.6. The summed E-state index contributed by atoms with van der Waals surface area (Å²) < 4.78 is 6.24. The Labute approximate surface area is 129 Å². The fraction of sp³-hybridized carbons (Fsp3) is 0.167. The number of alkyl halides is 1. The van der Waals surface area contributed by atoms with Crippen LogP contribution in [0.25, 0.3) is 10.8 Å². The van der Waals surface area contributed by atoms with Crippen LogP contribution in [-0.4, -0.2) is 10.9 Å². The Bertz CT molecular complexity index is 709. The molecule has 1 heterocycles. The molecule has 0 radical (unpaired) electrons. The highest BCUT2D eigenvalue weighted by Crippen LogP contribution is 2.30. The van der Waals surface area contributed by atoms with E-state index in [1.165, 1.54) is 0 Å². The molecule has 3 heteroatoms. The molecule has 0 N–H and O–H groups in total. The van der Waals surface area contributed by atoms with Crippen molar-refractivity contribution >= 4 is 22.4 Å². The molecule has 2 aromatic carbocycles. The first-order valence-corrected chi connectivity index (χ1v) is 7.52. The van der Waals surface area contributed by atoms with Gasteiger partial charge in [0, 0.05) is 35.5 Å². The van der Waals surface area contributed by atoms with Crippen LogP contribution in [0.15, 0.2) is 67.0 Å². The predicted octanol–water partition coefficient (Wildman–Crippen LogP) is 4.98. The molecule has 1 aromatic heterocycles. The monoisotopic (exact) mass is 297 g/mol. The van der Waals surface area contributed by atoms with Crippen LogP contribution in [0.1, 0.15) is 18.1 Å². The number of halogens is 1. The lowest BCUT2D eigenvalue weighted by Gasteiger charge is -2.20. The highest BCUT2D eigenvalue weighted by Gasteiger charge is 2.14. The molecule has 0 aliphatic heterocycles. The largest absolute Gasteiger partial charge is 0.485 e. The lowest BCUT2D eigenvalue weighted by atomic mass is 10.1. The number of aromatic nitrogens is 1. The predicted molar refractivity (Wildman–Crippen MR) is 86.9 cm³/mol. The van der Waals surface area contributed by atoms with E-state index in [4.69, 9.17) is 16.3 Å². The molecule has 106 valence electrons. The number of ether oxygens (including phenoxy) is 1. The second kappa shape index (κ2) is 6.59. The standard InChI is InChI=1S/C18H16ClNO/c19-11-9-17(14-5-2-1-3-6-14)21-18-8-4-7-15-13-20-12-10-16(15)18/h1-8,10,12-13,17H,9,11H2/t17-/m0/s1. The summed E-state index contributed by atoms with van der Waals surface area (Å²) in [5.41, 5.74) is 1.14. The number of nitrogens with zero attached hydrogens (tertiary/aromatic N) is 1. The normalized spacial score (nSPS) is 12.2. The molecule has 0 fully saturated rings. The fourth-order valence-corrected chi connectivity index (χ4v) is 2.61. The molecule has 0 bridgehead atoms. The molecule has 2 nitrogen and oxygen atoms in total. The molecular formula is C18H16ClNO. The van der Waals surface area contributed by atoms with E-state index in [1.807, 2.05) is 48.7 Å². The minimum Gasteiger partial charge on any atom is -0.485 e. The van der Waals surface area contributed by atoms with Crippen LogP contribution in [0.5, 0.6) is 5.75 Å². The van der Waals surface area contributed by atoms with E-state index < -0.39 is 0 Å². The van der Waals surface area contributed by atoms with Crippen molar-refractivity contribution in [2.75, 3.05) is 5.88 Å². The minimum atomic E-state index is -0.0394. The first-order chi connectivity index (χ1) is 10.4. The highest BCUT2D eigenvalue weighted by atomic mass is 35.5. The van der Waals surface area contributed by atoms with Gasteiger partial charge in [-0.1, -0.05) is 42.5 Å². The summed E-state index contributed by atoms with van der Waals surface area (Å²) in [6.07, 6.45) is 4.37. The number of benzene rings is 2. The van der Waals surface area contributed by atoms with Gasteiger partial charge in [-0.15, -0.1) is 11.6 Å². The molecule has 21 heavy (non-hydrogen) atoms. The lowest BCUT2D eigenvalue weighted by molar-refractivity contribution is 0.205. The van der Waals surface area contributed by atoms with E-state index in [1.54, 1.807) is 6.20 Å². The smallest absolute Gasteiger partial charge is 0.128 e. The van der Waals surface area contributed by atoms with E-state index in [9.17, 15) is 0 Å². The Kier molecular flexibility index (Phi) is 4.37. The van der Waals surface area contributed by atoms with Gasteiger partial charge in [0.15, 0.2) is 0 Å². The molecule has 0 spiro atoms. The van der Waals surface area contributed by atoms with E-state index >= 15 is 0 Å². The zero-order chi connectivity index (χ0) is 14.5. The van der Waals surface area contributed by atoms with Crippen molar-refractivity contribution in [1.29, 1.82) is 0 Å². The van der Waals surface area contributed by atoms with E-state index in [2.05, 4.69) is 17.1 Å². The van der Waals surface area contributed by atoms with Crippen LogP contribution in [0, 0.1) is 0 Å². The third-order valence-electron chi connectivity index (χ3n) is 3.45. The molecular weight excluding hydrogens is 282 g/mol. The van der Waals surface area contributed by atoms with Crippen molar-refractivity contribution < 1.29 is 4.74 Å².